The predicted octanol–water partition coefficient (Wildman–Crippen LogP) is 5.24. The first-order valence-electron chi connectivity index (χ1n) is 8.43. The zero-order valence-electron chi connectivity index (χ0n) is 15.0. The molecule has 6 nitrogen and oxygen atoms in total. The van der Waals surface area contributed by atoms with Gasteiger partial charge in [-0.2, -0.15) is 0 Å². The van der Waals surface area contributed by atoms with Crippen molar-refractivity contribution in [2.45, 2.75) is 0 Å². The zero-order valence-corrected chi connectivity index (χ0v) is 15.8. The number of halogens is 1. The van der Waals surface area contributed by atoms with Gasteiger partial charge in [-0.15, -0.1) is 0 Å². The maximum atomic E-state index is 12.5. The lowest BCUT2D eigenvalue weighted by Gasteiger charge is -2.11. The molecule has 0 unspecified atom stereocenters. The molecular weight excluding hydrogens is 378 g/mol. The number of rotatable bonds is 5. The molecule has 3 rings (SSSR count). The number of hydrogen-bond acceptors (Lipinski definition) is 3. The number of anilines is 3. The SMILES string of the molecule is COc1ccc(Cl)cc1C(=O)Nc1ccc(NC(=O)Nc2ccccc2)cc1. The topological polar surface area (TPSA) is 79.5 Å². The summed E-state index contributed by atoms with van der Waals surface area (Å²) >= 11 is 5.97. The Hall–Kier alpha value is -3.51. The largest absolute Gasteiger partial charge is 0.496 e. The fraction of sp³-hybridized carbons (Fsp3) is 0.0476. The third-order valence-electron chi connectivity index (χ3n) is 3.84. The first-order valence-corrected chi connectivity index (χ1v) is 8.81. The van der Waals surface area contributed by atoms with E-state index in [4.69, 9.17) is 16.3 Å². The van der Waals surface area contributed by atoms with Crippen molar-refractivity contribution in [1.29, 1.82) is 0 Å². The Morgan fingerprint density at radius 3 is 1.96 bits per heavy atom. The summed E-state index contributed by atoms with van der Waals surface area (Å²) in [5.41, 5.74) is 2.19. The molecule has 0 aromatic heterocycles. The van der Waals surface area contributed by atoms with Crippen molar-refractivity contribution in [3.63, 3.8) is 0 Å². The number of urea groups is 1. The Labute approximate surface area is 167 Å². The van der Waals surface area contributed by atoms with E-state index in [2.05, 4.69) is 16.0 Å². The van der Waals surface area contributed by atoms with Gasteiger partial charge in [0.15, 0.2) is 0 Å². The molecule has 3 amide bonds. The molecule has 0 radical (unpaired) electrons. The summed E-state index contributed by atoms with van der Waals surface area (Å²) < 4.78 is 5.20. The Kier molecular flexibility index (Phi) is 6.14. The van der Waals surface area contributed by atoms with E-state index < -0.39 is 0 Å². The van der Waals surface area contributed by atoms with E-state index in [1.54, 1.807) is 54.6 Å². The molecule has 142 valence electrons. The standard InChI is InChI=1S/C21H18ClN3O3/c1-28-19-12-7-14(22)13-18(19)20(26)23-16-8-10-17(11-9-16)25-21(27)24-15-5-3-2-4-6-15/h2-13H,1H3,(H,23,26)(H2,24,25,27). The molecule has 0 saturated carbocycles. The van der Waals surface area contributed by atoms with Crippen LogP contribution in [0, 0.1) is 0 Å². The van der Waals surface area contributed by atoms with Gasteiger partial charge < -0.3 is 20.7 Å². The zero-order chi connectivity index (χ0) is 19.9. The van der Waals surface area contributed by atoms with E-state index in [9.17, 15) is 9.59 Å². The first kappa shape index (κ1) is 19.3. The van der Waals surface area contributed by atoms with Crippen LogP contribution in [0.1, 0.15) is 10.4 Å². The van der Waals surface area contributed by atoms with Crippen LogP contribution in [-0.2, 0) is 0 Å². The number of hydrogen-bond donors (Lipinski definition) is 3. The lowest BCUT2D eigenvalue weighted by Crippen LogP contribution is -2.19. The highest BCUT2D eigenvalue weighted by molar-refractivity contribution is 6.31. The van der Waals surface area contributed by atoms with Crippen molar-refractivity contribution in [3.05, 3.63) is 83.4 Å². The van der Waals surface area contributed by atoms with Gasteiger partial charge in [0.2, 0.25) is 0 Å². The maximum absolute atomic E-state index is 12.5. The lowest BCUT2D eigenvalue weighted by atomic mass is 10.1. The molecule has 0 atom stereocenters. The first-order chi connectivity index (χ1) is 13.5. The van der Waals surface area contributed by atoms with Crippen molar-refractivity contribution in [2.75, 3.05) is 23.1 Å². The summed E-state index contributed by atoms with van der Waals surface area (Å²) in [6.45, 7) is 0. The monoisotopic (exact) mass is 395 g/mol. The van der Waals surface area contributed by atoms with Crippen molar-refractivity contribution in [3.8, 4) is 5.75 Å². The van der Waals surface area contributed by atoms with Crippen LogP contribution in [0.2, 0.25) is 5.02 Å². The van der Waals surface area contributed by atoms with Gasteiger partial charge in [-0.3, -0.25) is 4.79 Å². The van der Waals surface area contributed by atoms with Gasteiger partial charge in [0.05, 0.1) is 12.7 Å². The van der Waals surface area contributed by atoms with Crippen LogP contribution in [0.3, 0.4) is 0 Å². The van der Waals surface area contributed by atoms with Crippen LogP contribution in [0.5, 0.6) is 5.75 Å². The third kappa shape index (κ3) is 5.02. The number of benzene rings is 3. The van der Waals surface area contributed by atoms with E-state index in [1.807, 2.05) is 18.2 Å². The Morgan fingerprint density at radius 2 is 1.36 bits per heavy atom. The van der Waals surface area contributed by atoms with Gasteiger partial charge in [-0.1, -0.05) is 29.8 Å². The van der Waals surface area contributed by atoms with Crippen molar-refractivity contribution < 1.29 is 14.3 Å². The lowest BCUT2D eigenvalue weighted by molar-refractivity contribution is 0.102. The van der Waals surface area contributed by atoms with Gasteiger partial charge in [0, 0.05) is 22.1 Å². The highest BCUT2D eigenvalue weighted by Crippen LogP contribution is 2.24. The normalized spacial score (nSPS) is 10.1. The minimum Gasteiger partial charge on any atom is -0.496 e. The van der Waals surface area contributed by atoms with E-state index in [0.717, 1.165) is 0 Å². The second kappa shape index (κ2) is 8.92. The molecule has 0 heterocycles. The van der Waals surface area contributed by atoms with Gasteiger partial charge in [-0.05, 0) is 54.6 Å². The second-order valence-electron chi connectivity index (χ2n) is 5.82. The number of carbonyl (C=O) groups excluding carboxylic acids is 2. The minimum absolute atomic E-state index is 0.333. The molecule has 3 aromatic carbocycles. The van der Waals surface area contributed by atoms with Crippen LogP contribution in [-0.4, -0.2) is 19.0 Å². The number of methoxy groups -OCH3 is 1. The minimum atomic E-state index is -0.355. The summed E-state index contributed by atoms with van der Waals surface area (Å²) in [6, 6.07) is 20.4. The average Bonchev–Trinajstić information content (AvgIpc) is 2.70. The third-order valence-corrected chi connectivity index (χ3v) is 4.07. The number of para-hydroxylation sites is 1. The number of nitrogens with one attached hydrogen (secondary N) is 3. The Bertz CT molecular complexity index is 976. The fourth-order valence-corrected chi connectivity index (χ4v) is 2.68. The molecule has 0 aliphatic rings. The summed E-state index contributed by atoms with van der Waals surface area (Å²) in [7, 11) is 1.49. The van der Waals surface area contributed by atoms with Gasteiger partial charge in [0.1, 0.15) is 5.75 Å². The highest BCUT2D eigenvalue weighted by Gasteiger charge is 2.13. The van der Waals surface area contributed by atoms with Crippen LogP contribution in [0.4, 0.5) is 21.9 Å². The molecule has 3 aromatic rings. The summed E-state index contributed by atoms with van der Waals surface area (Å²) in [4.78, 5) is 24.5. The highest BCUT2D eigenvalue weighted by atomic mass is 35.5. The molecule has 0 spiro atoms. The number of carbonyl (C=O) groups is 2. The quantitative estimate of drug-likeness (QED) is 0.552. The van der Waals surface area contributed by atoms with Gasteiger partial charge in [-0.25, -0.2) is 4.79 Å². The van der Waals surface area contributed by atoms with E-state index in [-0.39, 0.29) is 11.9 Å². The van der Waals surface area contributed by atoms with E-state index in [1.165, 1.54) is 7.11 Å². The van der Waals surface area contributed by atoms with Crippen LogP contribution >= 0.6 is 11.6 Å². The predicted molar refractivity (Wildman–Crippen MR) is 111 cm³/mol. The van der Waals surface area contributed by atoms with E-state index >= 15 is 0 Å². The molecule has 3 N–H and O–H groups in total. The van der Waals surface area contributed by atoms with Gasteiger partial charge in [0.25, 0.3) is 5.91 Å². The van der Waals surface area contributed by atoms with Crippen LogP contribution in [0.25, 0.3) is 0 Å². The maximum Gasteiger partial charge on any atom is 0.323 e. The van der Waals surface area contributed by atoms with Crippen molar-refractivity contribution in [2.24, 2.45) is 0 Å². The Morgan fingerprint density at radius 1 is 0.786 bits per heavy atom. The van der Waals surface area contributed by atoms with E-state index in [0.29, 0.717) is 33.4 Å². The molecule has 0 fully saturated rings. The fourth-order valence-electron chi connectivity index (χ4n) is 2.51. The van der Waals surface area contributed by atoms with Crippen molar-refractivity contribution >= 4 is 40.6 Å². The van der Waals surface area contributed by atoms with Crippen molar-refractivity contribution in [1.82, 2.24) is 0 Å². The molecule has 0 aliphatic carbocycles. The van der Waals surface area contributed by atoms with Crippen LogP contribution < -0.4 is 20.7 Å². The second-order valence-corrected chi connectivity index (χ2v) is 6.26. The Balaban J connectivity index is 1.62. The van der Waals surface area contributed by atoms with Crippen LogP contribution in [0.15, 0.2) is 72.8 Å². The van der Waals surface area contributed by atoms with Gasteiger partial charge >= 0.3 is 6.03 Å². The number of ether oxygens (including phenoxy) is 1. The summed E-state index contributed by atoms with van der Waals surface area (Å²) in [5.74, 6) is 0.0830. The molecular formula is C21H18ClN3O3. The molecule has 28 heavy (non-hydrogen) atoms. The molecule has 0 bridgehead atoms. The summed E-state index contributed by atoms with van der Waals surface area (Å²) in [5, 5.41) is 8.67. The number of amides is 3. The summed E-state index contributed by atoms with van der Waals surface area (Å²) in [6.07, 6.45) is 0. The smallest absolute Gasteiger partial charge is 0.323 e. The average molecular weight is 396 g/mol. The molecule has 0 saturated heterocycles. The molecule has 0 aliphatic heterocycles. The molecule has 7 heteroatoms.